The predicted octanol–water partition coefficient (Wildman–Crippen LogP) is 4.26. The summed E-state index contributed by atoms with van der Waals surface area (Å²) in [6.45, 7) is 18.4. The van der Waals surface area contributed by atoms with Gasteiger partial charge in [0.1, 0.15) is 24.9 Å². The van der Waals surface area contributed by atoms with E-state index in [1.165, 1.54) is 21.7 Å². The van der Waals surface area contributed by atoms with E-state index in [9.17, 15) is 29.2 Å². The highest BCUT2D eigenvalue weighted by Crippen LogP contribution is 2.51. The van der Waals surface area contributed by atoms with Crippen LogP contribution in [0.15, 0.2) is 46.1 Å². The van der Waals surface area contributed by atoms with E-state index in [1.54, 1.807) is 31.3 Å². The fourth-order valence-electron chi connectivity index (χ4n) is 6.03. The Bertz CT molecular complexity index is 1800. The van der Waals surface area contributed by atoms with Crippen molar-refractivity contribution >= 4 is 34.6 Å². The summed E-state index contributed by atoms with van der Waals surface area (Å²) in [6, 6.07) is 9.80. The third-order valence-corrected chi connectivity index (χ3v) is 16.6. The Hall–Kier alpha value is -3.59. The van der Waals surface area contributed by atoms with Crippen LogP contribution in [0.2, 0.25) is 18.1 Å². The largest absolute Gasteiger partial charge is 0.407 e. The second-order valence-electron chi connectivity index (χ2n) is 15.7. The van der Waals surface area contributed by atoms with Crippen molar-refractivity contribution in [2.45, 2.75) is 110 Å². The number of aromatic nitrogens is 2. The summed E-state index contributed by atoms with van der Waals surface area (Å²) in [4.78, 5) is 68.7. The molecule has 0 bridgehead atoms. The molecule has 1 aromatic carbocycles. The van der Waals surface area contributed by atoms with Crippen LogP contribution in [0.1, 0.15) is 81.8 Å². The molecule has 5 atom stereocenters. The van der Waals surface area contributed by atoms with Crippen molar-refractivity contribution < 1.29 is 37.3 Å². The first-order valence-electron chi connectivity index (χ1n) is 18.5. The quantitative estimate of drug-likeness (QED) is 0.0979. The van der Waals surface area contributed by atoms with Gasteiger partial charge in [-0.05, 0) is 58.0 Å². The van der Waals surface area contributed by atoms with Gasteiger partial charge in [-0.1, -0.05) is 32.9 Å². The summed E-state index contributed by atoms with van der Waals surface area (Å²) in [5.41, 5.74) is -0.711. The first-order valence-corrected chi connectivity index (χ1v) is 22.5. The van der Waals surface area contributed by atoms with Gasteiger partial charge in [0.15, 0.2) is 14.5 Å². The first-order chi connectivity index (χ1) is 25.8. The van der Waals surface area contributed by atoms with Gasteiger partial charge in [0.2, 0.25) is 5.91 Å². The van der Waals surface area contributed by atoms with Crippen LogP contribution in [0.3, 0.4) is 0 Å². The van der Waals surface area contributed by atoms with Crippen molar-refractivity contribution in [3.63, 3.8) is 0 Å². The third-order valence-electron chi connectivity index (χ3n) is 9.97. The minimum absolute atomic E-state index is 0.00372. The van der Waals surface area contributed by atoms with Crippen LogP contribution in [-0.4, -0.2) is 120 Å². The molecular weight excluding hydrogens is 747 g/mol. The lowest BCUT2D eigenvalue weighted by Crippen LogP contribution is -2.50. The van der Waals surface area contributed by atoms with Crippen molar-refractivity contribution in [3.05, 3.63) is 68.5 Å². The number of carbonyl (C=O) groups excluding carboxylic acids is 3. The van der Waals surface area contributed by atoms with E-state index in [0.29, 0.717) is 0 Å². The number of H-pyrrole nitrogens is 1. The zero-order valence-corrected chi connectivity index (χ0v) is 35.3. The second kappa shape index (κ2) is 18.6. The van der Waals surface area contributed by atoms with Crippen LogP contribution in [0.25, 0.3) is 0 Å². The van der Waals surface area contributed by atoms with Gasteiger partial charge in [-0.15, -0.1) is 0 Å². The Balaban J connectivity index is 1.59. The number of aromatic amines is 1. The lowest BCUT2D eigenvalue weighted by atomic mass is 10.1. The number of nitriles is 1. The number of imide groups is 1. The molecule has 2 unspecified atom stereocenters. The minimum Gasteiger partial charge on any atom is -0.407 e. The fourth-order valence-corrected chi connectivity index (χ4v) is 9.08. The molecule has 1 N–H and O–H groups in total. The first kappa shape index (κ1) is 44.1. The maximum absolute atomic E-state index is 13.2. The topological polar surface area (TPSA) is 186 Å². The number of rotatable bonds is 18. The molecule has 0 saturated carbocycles. The van der Waals surface area contributed by atoms with Crippen molar-refractivity contribution in [1.82, 2.24) is 24.0 Å². The van der Waals surface area contributed by atoms with Crippen molar-refractivity contribution in [2.24, 2.45) is 0 Å². The number of fused-ring (bicyclic) bond motifs is 1. The highest BCUT2D eigenvalue weighted by molar-refractivity contribution is 7.44. The molecule has 3 heterocycles. The highest BCUT2D eigenvalue weighted by atomic mass is 31.2. The lowest BCUT2D eigenvalue weighted by molar-refractivity contribution is -0.131. The van der Waals surface area contributed by atoms with E-state index in [1.807, 2.05) is 27.7 Å². The van der Waals surface area contributed by atoms with Crippen LogP contribution in [-0.2, 0) is 27.7 Å². The Labute approximate surface area is 324 Å². The average Bonchev–Trinajstić information content (AvgIpc) is 3.54. The molecule has 16 nitrogen and oxygen atoms in total. The van der Waals surface area contributed by atoms with E-state index in [0.717, 1.165) is 4.90 Å². The summed E-state index contributed by atoms with van der Waals surface area (Å²) >= 11 is 0. The molecule has 0 aliphatic carbocycles. The smallest absolute Gasteiger partial charge is 0.330 e. The van der Waals surface area contributed by atoms with Crippen LogP contribution in [0.5, 0.6) is 0 Å². The van der Waals surface area contributed by atoms with E-state index < -0.39 is 76.9 Å². The van der Waals surface area contributed by atoms with Gasteiger partial charge in [0.25, 0.3) is 25.9 Å². The normalized spacial score (nSPS) is 20.8. The van der Waals surface area contributed by atoms with Crippen LogP contribution < -0.4 is 11.2 Å². The van der Waals surface area contributed by atoms with Gasteiger partial charge < -0.3 is 27.8 Å². The molecule has 3 amide bonds. The molecular formula is C37H55N6O10PSi. The molecule has 18 heteroatoms. The van der Waals surface area contributed by atoms with Gasteiger partial charge in [0, 0.05) is 37.9 Å². The SMILES string of the molecule is CC(C)N(C(C)C)P(OCCC#N)OC1[C@@H](COCCN(C)C(=O)CN2C(=O)c3ccccc3C2=O)O[C@@H](n2ccc(=O)[nH]c2=O)[C@H]1O[Si](C)(C)C(C)(C)C. The molecule has 4 rings (SSSR count). The molecule has 2 aliphatic rings. The number of benzene rings is 1. The van der Waals surface area contributed by atoms with Gasteiger partial charge in [0.05, 0.1) is 43.4 Å². The Morgan fingerprint density at radius 3 is 2.18 bits per heavy atom. The monoisotopic (exact) mass is 802 g/mol. The third kappa shape index (κ3) is 10.4. The maximum Gasteiger partial charge on any atom is 0.330 e. The number of ether oxygens (including phenoxy) is 2. The summed E-state index contributed by atoms with van der Waals surface area (Å²) in [6.07, 6.45) is -2.03. The molecule has 302 valence electrons. The van der Waals surface area contributed by atoms with Gasteiger partial charge in [-0.25, -0.2) is 9.46 Å². The number of likely N-dealkylation sites (N-methyl/N-ethyl adjacent to an activating group) is 1. The van der Waals surface area contributed by atoms with Crippen LogP contribution >= 0.6 is 8.53 Å². The second-order valence-corrected chi connectivity index (χ2v) is 21.8. The summed E-state index contributed by atoms with van der Waals surface area (Å²) in [7, 11) is -2.82. The number of carbonyl (C=O) groups is 3. The van der Waals surface area contributed by atoms with E-state index in [2.05, 4.69) is 49.6 Å². The standard InChI is InChI=1S/C37H55N6O10PSi/c1-24(2)43(25(3)4)54(50-20-13-17-38)52-31-28(51-35(41-18-16-29(44)39-36(41)48)32(31)53-55(9,10)37(5,6)7)23-49-21-19-40(8)30(45)22-42-33(46)26-14-11-12-15-27(26)34(42)47/h11-12,14-16,18,24-25,28,31-32,35H,13,19-23H2,1-10H3,(H,39,44,48)/t28-,31?,32+,35-,54?/m1/s1. The molecule has 0 spiro atoms. The van der Waals surface area contributed by atoms with Crippen LogP contribution in [0.4, 0.5) is 0 Å². The Morgan fingerprint density at radius 2 is 1.64 bits per heavy atom. The number of nitrogens with one attached hydrogen (secondary N) is 1. The van der Waals surface area contributed by atoms with Gasteiger partial charge in [-0.2, -0.15) is 5.26 Å². The molecule has 1 fully saturated rings. The fraction of sp³-hybridized carbons (Fsp3) is 0.622. The van der Waals surface area contributed by atoms with E-state index >= 15 is 0 Å². The minimum atomic E-state index is -2.58. The Kier molecular flexibility index (Phi) is 14.9. The number of hydrogen-bond donors (Lipinski definition) is 1. The van der Waals surface area contributed by atoms with Crippen molar-refractivity contribution in [3.8, 4) is 6.07 Å². The Morgan fingerprint density at radius 1 is 1.02 bits per heavy atom. The molecule has 1 saturated heterocycles. The van der Waals surface area contributed by atoms with Crippen molar-refractivity contribution in [1.29, 1.82) is 5.26 Å². The zero-order chi connectivity index (χ0) is 40.8. The molecule has 0 radical (unpaired) electrons. The van der Waals surface area contributed by atoms with Gasteiger partial charge in [-0.3, -0.25) is 33.6 Å². The molecule has 1 aromatic heterocycles. The predicted molar refractivity (Wildman–Crippen MR) is 208 cm³/mol. The summed E-state index contributed by atoms with van der Waals surface area (Å²) in [5, 5.41) is 9.05. The van der Waals surface area contributed by atoms with Crippen LogP contribution in [0, 0.1) is 11.3 Å². The van der Waals surface area contributed by atoms with Crippen molar-refractivity contribution in [2.75, 3.05) is 40.0 Å². The van der Waals surface area contributed by atoms with E-state index in [4.69, 9.17) is 22.9 Å². The molecule has 2 aromatic rings. The number of amides is 3. The highest BCUT2D eigenvalue weighted by Gasteiger charge is 2.53. The van der Waals surface area contributed by atoms with E-state index in [-0.39, 0.29) is 61.0 Å². The summed E-state index contributed by atoms with van der Waals surface area (Å²) < 4.78 is 36.3. The zero-order valence-electron chi connectivity index (χ0n) is 33.4. The molecule has 2 aliphatic heterocycles. The average molecular weight is 803 g/mol. The molecule has 55 heavy (non-hydrogen) atoms. The lowest BCUT2D eigenvalue weighted by Gasteiger charge is -2.42. The summed E-state index contributed by atoms with van der Waals surface area (Å²) in [5.74, 6) is -1.48. The number of hydrogen-bond acceptors (Lipinski definition) is 12. The van der Waals surface area contributed by atoms with Gasteiger partial charge >= 0.3 is 5.69 Å². The maximum atomic E-state index is 13.2. The number of nitrogens with zero attached hydrogens (tertiary/aromatic N) is 5.